The van der Waals surface area contributed by atoms with Crippen molar-refractivity contribution in [2.24, 2.45) is 0 Å². The van der Waals surface area contributed by atoms with E-state index in [9.17, 15) is 0 Å². The summed E-state index contributed by atoms with van der Waals surface area (Å²) in [5.74, 6) is 0. The van der Waals surface area contributed by atoms with Crippen molar-refractivity contribution in [1.82, 2.24) is 0 Å². The van der Waals surface area contributed by atoms with Gasteiger partial charge in [-0.2, -0.15) is 0 Å². The summed E-state index contributed by atoms with van der Waals surface area (Å²) in [7, 11) is -0.332. The number of aliphatic hydroxyl groups is 1. The zero-order chi connectivity index (χ0) is 16.9. The Hall–Kier alpha value is -0.915. The molecule has 0 atom stereocenters. The first-order chi connectivity index (χ1) is 10.9. The maximum absolute atomic E-state index is 8.60. The summed E-state index contributed by atoms with van der Waals surface area (Å²) >= 11 is 0. The van der Waals surface area contributed by atoms with E-state index in [0.29, 0.717) is 26.4 Å². The van der Waals surface area contributed by atoms with Crippen molar-refractivity contribution >= 4 is 12.6 Å². The van der Waals surface area contributed by atoms with E-state index < -0.39 is 0 Å². The molecule has 1 aliphatic rings. The van der Waals surface area contributed by atoms with Crippen LogP contribution in [0.25, 0.3) is 0 Å². The molecule has 5 nitrogen and oxygen atoms in total. The van der Waals surface area contributed by atoms with Crippen LogP contribution in [-0.2, 0) is 25.4 Å². The smallest absolute Gasteiger partial charge is 0.399 e. The van der Waals surface area contributed by atoms with E-state index in [1.807, 2.05) is 52.0 Å². The van der Waals surface area contributed by atoms with Gasteiger partial charge in [0.2, 0.25) is 0 Å². The first-order valence-electron chi connectivity index (χ1n) is 8.06. The molecule has 128 valence electrons. The summed E-state index contributed by atoms with van der Waals surface area (Å²) in [5, 5.41) is 8.60. The lowest BCUT2D eigenvalue weighted by molar-refractivity contribution is 0.00578. The van der Waals surface area contributed by atoms with Gasteiger partial charge >= 0.3 is 7.12 Å². The molecule has 1 aromatic rings. The lowest BCUT2D eigenvalue weighted by atomic mass is 9.79. The fraction of sp³-hybridized carbons (Fsp3) is 0.647. The Morgan fingerprint density at radius 2 is 1.48 bits per heavy atom. The van der Waals surface area contributed by atoms with Crippen LogP contribution in [0, 0.1) is 0 Å². The van der Waals surface area contributed by atoms with Crippen molar-refractivity contribution in [3.05, 3.63) is 29.8 Å². The number of hydrogen-bond acceptors (Lipinski definition) is 5. The highest BCUT2D eigenvalue weighted by molar-refractivity contribution is 6.62. The predicted molar refractivity (Wildman–Crippen MR) is 89.7 cm³/mol. The van der Waals surface area contributed by atoms with Gasteiger partial charge in [0.1, 0.15) is 0 Å². The summed E-state index contributed by atoms with van der Waals surface area (Å²) in [5.41, 5.74) is 1.45. The van der Waals surface area contributed by atoms with E-state index >= 15 is 0 Å². The van der Waals surface area contributed by atoms with E-state index in [2.05, 4.69) is 0 Å². The summed E-state index contributed by atoms with van der Waals surface area (Å²) < 4.78 is 22.7. The average molecular weight is 322 g/mol. The standard InChI is InChI=1S/C17H27BO5/c1-16(2)17(3,4)23-18(22-16)15-7-5-14(6-8-15)13-21-12-11-20-10-9-19/h5-8,19H,9-13H2,1-4H3. The molecular formula is C17H27BO5. The van der Waals surface area contributed by atoms with Crippen LogP contribution in [0.2, 0.25) is 0 Å². The molecule has 0 radical (unpaired) electrons. The Bertz CT molecular complexity index is 470. The molecule has 1 aromatic carbocycles. The van der Waals surface area contributed by atoms with Crippen molar-refractivity contribution in [1.29, 1.82) is 0 Å². The first kappa shape index (κ1) is 18.4. The Labute approximate surface area is 139 Å². The van der Waals surface area contributed by atoms with Crippen LogP contribution in [0.4, 0.5) is 0 Å². The van der Waals surface area contributed by atoms with Crippen LogP contribution < -0.4 is 5.46 Å². The lowest BCUT2D eigenvalue weighted by Gasteiger charge is -2.32. The molecule has 1 heterocycles. The van der Waals surface area contributed by atoms with Gasteiger partial charge in [0, 0.05) is 0 Å². The topological polar surface area (TPSA) is 57.2 Å². The quantitative estimate of drug-likeness (QED) is 0.581. The van der Waals surface area contributed by atoms with Crippen molar-refractivity contribution < 1.29 is 23.9 Å². The monoisotopic (exact) mass is 322 g/mol. The number of ether oxygens (including phenoxy) is 2. The zero-order valence-electron chi connectivity index (χ0n) is 14.5. The van der Waals surface area contributed by atoms with Gasteiger partial charge in [0.15, 0.2) is 0 Å². The van der Waals surface area contributed by atoms with E-state index in [1.54, 1.807) is 0 Å². The van der Waals surface area contributed by atoms with Crippen LogP contribution >= 0.6 is 0 Å². The number of benzene rings is 1. The summed E-state index contributed by atoms with van der Waals surface area (Å²) in [6, 6.07) is 8.08. The Morgan fingerprint density at radius 3 is 2.04 bits per heavy atom. The second kappa shape index (κ2) is 7.77. The summed E-state index contributed by atoms with van der Waals surface area (Å²) in [6.45, 7) is 10.1. The number of aliphatic hydroxyl groups excluding tert-OH is 1. The van der Waals surface area contributed by atoms with Crippen molar-refractivity contribution in [3.63, 3.8) is 0 Å². The average Bonchev–Trinajstić information content (AvgIpc) is 2.72. The maximum Gasteiger partial charge on any atom is 0.494 e. The molecule has 0 unspecified atom stereocenters. The Balaban J connectivity index is 1.81. The van der Waals surface area contributed by atoms with Crippen molar-refractivity contribution in [3.8, 4) is 0 Å². The molecule has 0 bridgehead atoms. The molecule has 1 aliphatic heterocycles. The van der Waals surface area contributed by atoms with Gasteiger partial charge < -0.3 is 23.9 Å². The van der Waals surface area contributed by atoms with Crippen LogP contribution in [0.15, 0.2) is 24.3 Å². The molecule has 0 aliphatic carbocycles. The fourth-order valence-corrected chi connectivity index (χ4v) is 2.22. The van der Waals surface area contributed by atoms with E-state index in [1.165, 1.54) is 0 Å². The number of hydrogen-bond donors (Lipinski definition) is 1. The van der Waals surface area contributed by atoms with Crippen molar-refractivity contribution in [2.75, 3.05) is 26.4 Å². The van der Waals surface area contributed by atoms with Crippen LogP contribution in [0.5, 0.6) is 0 Å². The predicted octanol–water partition coefficient (Wildman–Crippen LogP) is 1.51. The fourth-order valence-electron chi connectivity index (χ4n) is 2.22. The minimum Gasteiger partial charge on any atom is -0.399 e. The molecule has 2 rings (SSSR count). The van der Waals surface area contributed by atoms with Gasteiger partial charge in [-0.25, -0.2) is 0 Å². The Kier molecular flexibility index (Phi) is 6.22. The third-order valence-corrected chi connectivity index (χ3v) is 4.38. The van der Waals surface area contributed by atoms with E-state index in [0.717, 1.165) is 11.0 Å². The summed E-state index contributed by atoms with van der Waals surface area (Å²) in [6.07, 6.45) is 0. The SMILES string of the molecule is CC1(C)OB(c2ccc(COCCOCCO)cc2)OC1(C)C. The highest BCUT2D eigenvalue weighted by Gasteiger charge is 2.51. The normalized spacial score (nSPS) is 19.3. The minimum atomic E-state index is -0.332. The highest BCUT2D eigenvalue weighted by atomic mass is 16.7. The molecule has 1 saturated heterocycles. The third kappa shape index (κ3) is 4.78. The number of rotatable bonds is 8. The van der Waals surface area contributed by atoms with E-state index in [4.69, 9.17) is 23.9 Å². The molecule has 0 aromatic heterocycles. The van der Waals surface area contributed by atoms with Crippen LogP contribution in [0.3, 0.4) is 0 Å². The van der Waals surface area contributed by atoms with Crippen molar-refractivity contribution in [2.45, 2.75) is 45.5 Å². The molecule has 0 spiro atoms. The van der Waals surface area contributed by atoms with Gasteiger partial charge in [-0.05, 0) is 38.7 Å². The summed E-state index contributed by atoms with van der Waals surface area (Å²) in [4.78, 5) is 0. The molecule has 6 heteroatoms. The maximum atomic E-state index is 8.60. The molecule has 0 amide bonds. The third-order valence-electron chi connectivity index (χ3n) is 4.38. The van der Waals surface area contributed by atoms with Crippen LogP contribution in [-0.4, -0.2) is 49.9 Å². The van der Waals surface area contributed by atoms with Crippen LogP contribution in [0.1, 0.15) is 33.3 Å². The molecular weight excluding hydrogens is 295 g/mol. The Morgan fingerprint density at radius 1 is 0.913 bits per heavy atom. The van der Waals surface area contributed by atoms with Gasteiger partial charge in [-0.1, -0.05) is 24.3 Å². The zero-order valence-corrected chi connectivity index (χ0v) is 14.5. The highest BCUT2D eigenvalue weighted by Crippen LogP contribution is 2.36. The van der Waals surface area contributed by atoms with Gasteiger partial charge in [-0.3, -0.25) is 0 Å². The lowest BCUT2D eigenvalue weighted by Crippen LogP contribution is -2.41. The largest absolute Gasteiger partial charge is 0.494 e. The van der Waals surface area contributed by atoms with E-state index in [-0.39, 0.29) is 24.9 Å². The van der Waals surface area contributed by atoms with Gasteiger partial charge in [-0.15, -0.1) is 0 Å². The molecule has 0 saturated carbocycles. The molecule has 23 heavy (non-hydrogen) atoms. The molecule has 1 fully saturated rings. The van der Waals surface area contributed by atoms with Gasteiger partial charge in [0.25, 0.3) is 0 Å². The van der Waals surface area contributed by atoms with Gasteiger partial charge in [0.05, 0.1) is 44.2 Å². The first-order valence-corrected chi connectivity index (χ1v) is 8.06. The minimum absolute atomic E-state index is 0.0420. The molecule has 1 N–H and O–H groups in total. The second-order valence-electron chi connectivity index (χ2n) is 6.72. The second-order valence-corrected chi connectivity index (χ2v) is 6.72.